The molecule has 2 atom stereocenters. The molecular formula is C19H23NO. The van der Waals surface area contributed by atoms with Gasteiger partial charge in [0.1, 0.15) is 5.75 Å². The summed E-state index contributed by atoms with van der Waals surface area (Å²) in [6.07, 6.45) is 2.30. The fraction of sp³-hybridized carbons (Fsp3) is 0.368. The number of nitrogens with one attached hydrogen (secondary N) is 1. The van der Waals surface area contributed by atoms with Crippen LogP contribution in [0.3, 0.4) is 0 Å². The van der Waals surface area contributed by atoms with Crippen LogP contribution in [0.25, 0.3) is 0 Å². The lowest BCUT2D eigenvalue weighted by Crippen LogP contribution is -2.23. The summed E-state index contributed by atoms with van der Waals surface area (Å²) in [7, 11) is 2.04. The van der Waals surface area contributed by atoms with E-state index < -0.39 is 0 Å². The summed E-state index contributed by atoms with van der Waals surface area (Å²) < 4.78 is 5.82. The van der Waals surface area contributed by atoms with Gasteiger partial charge in [0.05, 0.1) is 6.61 Å². The van der Waals surface area contributed by atoms with Gasteiger partial charge in [-0.15, -0.1) is 0 Å². The number of fused-ring (bicyclic) bond motifs is 1. The second-order valence-corrected chi connectivity index (χ2v) is 5.89. The van der Waals surface area contributed by atoms with E-state index >= 15 is 0 Å². The highest BCUT2D eigenvalue weighted by molar-refractivity contribution is 5.39. The maximum atomic E-state index is 5.82. The van der Waals surface area contributed by atoms with Crippen molar-refractivity contribution in [3.63, 3.8) is 0 Å². The Morgan fingerprint density at radius 3 is 2.67 bits per heavy atom. The lowest BCUT2D eigenvalue weighted by atomic mass is 9.86. The van der Waals surface area contributed by atoms with Crippen LogP contribution in [-0.2, 0) is 6.42 Å². The maximum Gasteiger partial charge on any atom is 0.122 e. The molecule has 2 aromatic carbocycles. The van der Waals surface area contributed by atoms with Crippen molar-refractivity contribution in [2.24, 2.45) is 5.92 Å². The number of ether oxygens (including phenoxy) is 1. The van der Waals surface area contributed by atoms with Gasteiger partial charge in [-0.25, -0.2) is 0 Å². The van der Waals surface area contributed by atoms with E-state index in [2.05, 4.69) is 59.9 Å². The summed E-state index contributed by atoms with van der Waals surface area (Å²) in [5, 5.41) is 3.35. The predicted octanol–water partition coefficient (Wildman–Crippen LogP) is 3.63. The van der Waals surface area contributed by atoms with E-state index in [4.69, 9.17) is 4.74 Å². The highest BCUT2D eigenvalue weighted by Gasteiger charge is 2.26. The fourth-order valence-electron chi connectivity index (χ4n) is 3.30. The van der Waals surface area contributed by atoms with Crippen molar-refractivity contribution < 1.29 is 4.74 Å². The molecule has 2 heteroatoms. The van der Waals surface area contributed by atoms with Crippen LogP contribution in [0, 0.1) is 5.92 Å². The Morgan fingerprint density at radius 1 is 1.10 bits per heavy atom. The minimum absolute atomic E-state index is 0.531. The van der Waals surface area contributed by atoms with Crippen molar-refractivity contribution in [2.45, 2.75) is 18.8 Å². The van der Waals surface area contributed by atoms with E-state index in [1.807, 2.05) is 7.05 Å². The summed E-state index contributed by atoms with van der Waals surface area (Å²) in [5.74, 6) is 2.24. The summed E-state index contributed by atoms with van der Waals surface area (Å²) in [4.78, 5) is 0. The standard InChI is InChI=1S/C19H23NO/c1-20-13-16(11-15-7-3-2-4-8-15)12-17-14-21-19-10-6-5-9-18(17)19/h2-10,16-17,20H,11-14H2,1H3. The Morgan fingerprint density at radius 2 is 1.86 bits per heavy atom. The van der Waals surface area contributed by atoms with Crippen LogP contribution in [0.15, 0.2) is 54.6 Å². The molecule has 1 aliphatic rings. The average molecular weight is 281 g/mol. The molecular weight excluding hydrogens is 258 g/mol. The number of para-hydroxylation sites is 1. The van der Waals surface area contributed by atoms with Gasteiger partial charge >= 0.3 is 0 Å². The molecule has 2 unspecified atom stereocenters. The lowest BCUT2D eigenvalue weighted by Gasteiger charge is -2.20. The first-order valence-corrected chi connectivity index (χ1v) is 7.77. The van der Waals surface area contributed by atoms with Crippen molar-refractivity contribution in [3.05, 3.63) is 65.7 Å². The van der Waals surface area contributed by atoms with E-state index in [1.165, 1.54) is 17.5 Å². The maximum absolute atomic E-state index is 5.82. The number of hydrogen-bond acceptors (Lipinski definition) is 2. The van der Waals surface area contributed by atoms with Crippen molar-refractivity contribution in [1.29, 1.82) is 0 Å². The van der Waals surface area contributed by atoms with Crippen LogP contribution in [0.5, 0.6) is 5.75 Å². The van der Waals surface area contributed by atoms with E-state index in [0.717, 1.165) is 25.3 Å². The van der Waals surface area contributed by atoms with Gasteiger partial charge in [0, 0.05) is 11.5 Å². The number of rotatable bonds is 6. The quantitative estimate of drug-likeness (QED) is 0.873. The zero-order valence-electron chi connectivity index (χ0n) is 12.6. The summed E-state index contributed by atoms with van der Waals surface area (Å²) in [6, 6.07) is 19.2. The molecule has 0 bridgehead atoms. The molecule has 21 heavy (non-hydrogen) atoms. The van der Waals surface area contributed by atoms with Crippen LogP contribution < -0.4 is 10.1 Å². The average Bonchev–Trinajstić information content (AvgIpc) is 2.92. The molecule has 0 spiro atoms. The molecule has 0 aliphatic carbocycles. The summed E-state index contributed by atoms with van der Waals surface area (Å²) in [6.45, 7) is 1.88. The molecule has 0 fully saturated rings. The van der Waals surface area contributed by atoms with Crippen molar-refractivity contribution >= 4 is 0 Å². The zero-order chi connectivity index (χ0) is 14.5. The molecule has 110 valence electrons. The zero-order valence-corrected chi connectivity index (χ0v) is 12.6. The lowest BCUT2D eigenvalue weighted by molar-refractivity contribution is 0.303. The molecule has 3 rings (SSSR count). The SMILES string of the molecule is CNCC(Cc1ccccc1)CC1COc2ccccc21. The minimum atomic E-state index is 0.531. The first-order valence-electron chi connectivity index (χ1n) is 7.77. The first kappa shape index (κ1) is 14.2. The van der Waals surface area contributed by atoms with Gasteiger partial charge < -0.3 is 10.1 Å². The van der Waals surface area contributed by atoms with Crippen molar-refractivity contribution in [2.75, 3.05) is 20.2 Å². The third-order valence-electron chi connectivity index (χ3n) is 4.28. The normalized spacial score (nSPS) is 18.0. The van der Waals surface area contributed by atoms with E-state index in [9.17, 15) is 0 Å². The molecule has 0 radical (unpaired) electrons. The molecule has 0 saturated carbocycles. The fourth-order valence-corrected chi connectivity index (χ4v) is 3.30. The van der Waals surface area contributed by atoms with Gasteiger partial charge in [0.2, 0.25) is 0 Å². The smallest absolute Gasteiger partial charge is 0.122 e. The Hall–Kier alpha value is -1.80. The topological polar surface area (TPSA) is 21.3 Å². The van der Waals surface area contributed by atoms with E-state index in [-0.39, 0.29) is 0 Å². The van der Waals surface area contributed by atoms with Gasteiger partial charge in [0.15, 0.2) is 0 Å². The molecule has 1 aliphatic heterocycles. The molecule has 0 amide bonds. The van der Waals surface area contributed by atoms with Gasteiger partial charge in [-0.2, -0.15) is 0 Å². The van der Waals surface area contributed by atoms with Gasteiger partial charge in [0.25, 0.3) is 0 Å². The van der Waals surface area contributed by atoms with Crippen LogP contribution in [0.1, 0.15) is 23.5 Å². The van der Waals surface area contributed by atoms with Gasteiger partial charge in [-0.05, 0) is 44.0 Å². The van der Waals surface area contributed by atoms with Crippen molar-refractivity contribution in [1.82, 2.24) is 5.32 Å². The largest absolute Gasteiger partial charge is 0.493 e. The number of benzene rings is 2. The third kappa shape index (κ3) is 3.45. The van der Waals surface area contributed by atoms with Crippen LogP contribution >= 0.6 is 0 Å². The second-order valence-electron chi connectivity index (χ2n) is 5.89. The van der Waals surface area contributed by atoms with Crippen LogP contribution in [-0.4, -0.2) is 20.2 Å². The summed E-state index contributed by atoms with van der Waals surface area (Å²) >= 11 is 0. The molecule has 2 nitrogen and oxygen atoms in total. The first-order chi connectivity index (χ1) is 10.4. The Kier molecular flexibility index (Phi) is 4.56. The number of hydrogen-bond donors (Lipinski definition) is 1. The Balaban J connectivity index is 1.68. The third-order valence-corrected chi connectivity index (χ3v) is 4.28. The molecule has 1 N–H and O–H groups in total. The molecule has 0 saturated heterocycles. The Bertz CT molecular complexity index is 567. The van der Waals surface area contributed by atoms with Crippen LogP contribution in [0.4, 0.5) is 0 Å². The summed E-state index contributed by atoms with van der Waals surface area (Å²) in [5.41, 5.74) is 2.80. The van der Waals surface area contributed by atoms with Crippen molar-refractivity contribution in [3.8, 4) is 5.75 Å². The van der Waals surface area contributed by atoms with Crippen LogP contribution in [0.2, 0.25) is 0 Å². The second kappa shape index (κ2) is 6.77. The minimum Gasteiger partial charge on any atom is -0.493 e. The molecule has 0 aromatic heterocycles. The molecule has 1 heterocycles. The highest BCUT2D eigenvalue weighted by atomic mass is 16.5. The van der Waals surface area contributed by atoms with Gasteiger partial charge in [-0.3, -0.25) is 0 Å². The van der Waals surface area contributed by atoms with Gasteiger partial charge in [-0.1, -0.05) is 48.5 Å². The molecule has 2 aromatic rings. The Labute approximate surface area is 127 Å². The van der Waals surface area contributed by atoms with E-state index in [1.54, 1.807) is 0 Å². The highest BCUT2D eigenvalue weighted by Crippen LogP contribution is 2.37. The predicted molar refractivity (Wildman–Crippen MR) is 86.9 cm³/mol. The monoisotopic (exact) mass is 281 g/mol. The van der Waals surface area contributed by atoms with E-state index in [0.29, 0.717) is 11.8 Å².